The number of fused-ring (bicyclic) bond motifs is 1. The lowest BCUT2D eigenvalue weighted by molar-refractivity contribution is 0.876. The molecule has 6 heteroatoms. The van der Waals surface area contributed by atoms with Gasteiger partial charge in [-0.15, -0.1) is 11.3 Å². The van der Waals surface area contributed by atoms with Crippen LogP contribution in [0.4, 0.5) is 11.5 Å². The highest BCUT2D eigenvalue weighted by molar-refractivity contribution is 7.07. The summed E-state index contributed by atoms with van der Waals surface area (Å²) in [5.41, 5.74) is 10.2. The van der Waals surface area contributed by atoms with Crippen LogP contribution in [0, 0.1) is 0 Å². The molecule has 0 saturated carbocycles. The summed E-state index contributed by atoms with van der Waals surface area (Å²) in [7, 11) is 2.00. The Hall–Kier alpha value is -2.21. The van der Waals surface area contributed by atoms with Crippen molar-refractivity contribution in [1.82, 2.24) is 15.0 Å². The van der Waals surface area contributed by atoms with Gasteiger partial charge in [0.15, 0.2) is 0 Å². The summed E-state index contributed by atoms with van der Waals surface area (Å²) in [5, 5.41) is 3.03. The van der Waals surface area contributed by atoms with Crippen LogP contribution in [0.25, 0.3) is 10.9 Å². The third-order valence-corrected chi connectivity index (χ3v) is 3.52. The number of nitrogens with zero attached hydrogens (tertiary/aromatic N) is 4. The lowest BCUT2D eigenvalue weighted by Gasteiger charge is -2.18. The van der Waals surface area contributed by atoms with Gasteiger partial charge < -0.3 is 10.6 Å². The molecule has 0 aliphatic heterocycles. The average molecular weight is 271 g/mol. The zero-order chi connectivity index (χ0) is 13.2. The molecule has 0 amide bonds. The molecule has 0 saturated heterocycles. The Kier molecular flexibility index (Phi) is 3.00. The Balaban J connectivity index is 2.00. The third kappa shape index (κ3) is 2.34. The maximum atomic E-state index is 5.78. The topological polar surface area (TPSA) is 67.9 Å². The van der Waals surface area contributed by atoms with Crippen LogP contribution in [0.1, 0.15) is 5.69 Å². The minimum Gasteiger partial charge on any atom is -0.399 e. The fourth-order valence-corrected chi connectivity index (χ4v) is 2.55. The van der Waals surface area contributed by atoms with Crippen LogP contribution >= 0.6 is 11.3 Å². The van der Waals surface area contributed by atoms with E-state index < -0.39 is 0 Å². The maximum Gasteiger partial charge on any atom is 0.139 e. The Morgan fingerprint density at radius 3 is 2.95 bits per heavy atom. The Labute approximate surface area is 114 Å². The van der Waals surface area contributed by atoms with Crippen molar-refractivity contribution in [3.05, 3.63) is 41.1 Å². The van der Waals surface area contributed by atoms with E-state index in [1.54, 1.807) is 17.7 Å². The van der Waals surface area contributed by atoms with Crippen molar-refractivity contribution in [3.8, 4) is 0 Å². The molecule has 96 valence electrons. The van der Waals surface area contributed by atoms with Crippen molar-refractivity contribution >= 4 is 33.7 Å². The molecule has 2 aromatic heterocycles. The number of thiazole rings is 1. The van der Waals surface area contributed by atoms with Gasteiger partial charge in [0.1, 0.15) is 12.1 Å². The number of anilines is 2. The highest BCUT2D eigenvalue weighted by Crippen LogP contribution is 2.24. The summed E-state index contributed by atoms with van der Waals surface area (Å²) in [4.78, 5) is 15.0. The molecule has 0 aliphatic carbocycles. The minimum atomic E-state index is 0.708. The Morgan fingerprint density at radius 1 is 1.26 bits per heavy atom. The van der Waals surface area contributed by atoms with Gasteiger partial charge in [0.2, 0.25) is 0 Å². The average Bonchev–Trinajstić information content (AvgIpc) is 2.90. The van der Waals surface area contributed by atoms with Gasteiger partial charge in [0.05, 0.1) is 23.3 Å². The monoisotopic (exact) mass is 271 g/mol. The molecule has 19 heavy (non-hydrogen) atoms. The highest BCUT2D eigenvalue weighted by Gasteiger charge is 2.10. The van der Waals surface area contributed by atoms with Crippen LogP contribution in [0.2, 0.25) is 0 Å². The van der Waals surface area contributed by atoms with Gasteiger partial charge in [0.25, 0.3) is 0 Å². The van der Waals surface area contributed by atoms with Crippen LogP contribution < -0.4 is 10.6 Å². The fraction of sp³-hybridized carbons (Fsp3) is 0.154. The molecular formula is C13H13N5S. The second-order valence-electron chi connectivity index (χ2n) is 4.31. The molecule has 3 aromatic rings. The molecule has 2 N–H and O–H groups in total. The van der Waals surface area contributed by atoms with Crippen LogP contribution in [0.15, 0.2) is 35.4 Å². The molecule has 0 atom stereocenters. The molecule has 0 bridgehead atoms. The molecular weight excluding hydrogens is 258 g/mol. The predicted molar refractivity (Wildman–Crippen MR) is 78.2 cm³/mol. The third-order valence-electron chi connectivity index (χ3n) is 2.88. The molecule has 5 nitrogen and oxygen atoms in total. The van der Waals surface area contributed by atoms with E-state index in [0.717, 1.165) is 29.0 Å². The van der Waals surface area contributed by atoms with Crippen molar-refractivity contribution < 1.29 is 0 Å². The van der Waals surface area contributed by atoms with Crippen molar-refractivity contribution in [1.29, 1.82) is 0 Å². The van der Waals surface area contributed by atoms with E-state index in [-0.39, 0.29) is 0 Å². The number of rotatable bonds is 3. The van der Waals surface area contributed by atoms with Crippen molar-refractivity contribution in [2.45, 2.75) is 6.54 Å². The quantitative estimate of drug-likeness (QED) is 0.740. The SMILES string of the molecule is CN(Cc1cscn1)c1ncnc2cc(N)ccc12. The van der Waals surface area contributed by atoms with E-state index in [1.165, 1.54) is 0 Å². The van der Waals surface area contributed by atoms with Gasteiger partial charge in [-0.3, -0.25) is 0 Å². The van der Waals surface area contributed by atoms with E-state index in [4.69, 9.17) is 5.73 Å². The minimum absolute atomic E-state index is 0.708. The molecule has 2 heterocycles. The van der Waals surface area contributed by atoms with Crippen molar-refractivity contribution in [3.63, 3.8) is 0 Å². The van der Waals surface area contributed by atoms with E-state index >= 15 is 0 Å². The predicted octanol–water partition coefficient (Wildman–Crippen LogP) is 2.30. The van der Waals surface area contributed by atoms with Gasteiger partial charge in [-0.05, 0) is 18.2 Å². The van der Waals surface area contributed by atoms with Crippen LogP contribution in [-0.4, -0.2) is 22.0 Å². The zero-order valence-corrected chi connectivity index (χ0v) is 11.3. The van der Waals surface area contributed by atoms with Gasteiger partial charge >= 0.3 is 0 Å². The molecule has 0 aliphatic rings. The number of nitrogen functional groups attached to an aromatic ring is 1. The van der Waals surface area contributed by atoms with Gasteiger partial charge in [-0.1, -0.05) is 0 Å². The number of benzene rings is 1. The molecule has 0 radical (unpaired) electrons. The summed E-state index contributed by atoms with van der Waals surface area (Å²) < 4.78 is 0. The first-order valence-electron chi connectivity index (χ1n) is 5.82. The summed E-state index contributed by atoms with van der Waals surface area (Å²) in [6.07, 6.45) is 1.56. The summed E-state index contributed by atoms with van der Waals surface area (Å²) in [5.74, 6) is 0.887. The summed E-state index contributed by atoms with van der Waals surface area (Å²) >= 11 is 1.60. The Bertz CT molecular complexity index is 695. The normalized spacial score (nSPS) is 10.8. The lowest BCUT2D eigenvalue weighted by Crippen LogP contribution is -2.18. The number of nitrogens with two attached hydrogens (primary N) is 1. The van der Waals surface area contributed by atoms with Gasteiger partial charge in [0, 0.05) is 23.5 Å². The first-order valence-corrected chi connectivity index (χ1v) is 6.77. The molecule has 1 aromatic carbocycles. The van der Waals surface area contributed by atoms with Crippen LogP contribution in [0.5, 0.6) is 0 Å². The molecule has 0 spiro atoms. The van der Waals surface area contributed by atoms with Crippen LogP contribution in [-0.2, 0) is 6.54 Å². The van der Waals surface area contributed by atoms with E-state index in [2.05, 4.69) is 19.9 Å². The van der Waals surface area contributed by atoms with E-state index in [9.17, 15) is 0 Å². The van der Waals surface area contributed by atoms with Crippen molar-refractivity contribution in [2.75, 3.05) is 17.7 Å². The largest absolute Gasteiger partial charge is 0.399 e. The number of aromatic nitrogens is 3. The van der Waals surface area contributed by atoms with Crippen molar-refractivity contribution in [2.24, 2.45) is 0 Å². The maximum absolute atomic E-state index is 5.78. The van der Waals surface area contributed by atoms with Gasteiger partial charge in [-0.25, -0.2) is 15.0 Å². The Morgan fingerprint density at radius 2 is 2.16 bits per heavy atom. The van der Waals surface area contributed by atoms with Gasteiger partial charge in [-0.2, -0.15) is 0 Å². The smallest absolute Gasteiger partial charge is 0.139 e. The zero-order valence-electron chi connectivity index (χ0n) is 10.4. The second kappa shape index (κ2) is 4.81. The molecule has 0 fully saturated rings. The second-order valence-corrected chi connectivity index (χ2v) is 5.03. The lowest BCUT2D eigenvalue weighted by atomic mass is 10.2. The highest BCUT2D eigenvalue weighted by atomic mass is 32.1. The first-order chi connectivity index (χ1) is 9.24. The first kappa shape index (κ1) is 11.9. The van der Waals surface area contributed by atoms with E-state index in [0.29, 0.717) is 5.69 Å². The molecule has 3 rings (SSSR count). The van der Waals surface area contributed by atoms with E-state index in [1.807, 2.05) is 36.1 Å². The number of hydrogen-bond acceptors (Lipinski definition) is 6. The molecule has 0 unspecified atom stereocenters. The number of hydrogen-bond donors (Lipinski definition) is 1. The summed E-state index contributed by atoms with van der Waals surface area (Å²) in [6.45, 7) is 0.722. The fourth-order valence-electron chi connectivity index (χ4n) is 2.00. The standard InChI is InChI=1S/C13H13N5S/c1-18(5-10-6-19-8-17-10)13-11-3-2-9(14)4-12(11)15-7-16-13/h2-4,6-8H,5,14H2,1H3. The summed E-state index contributed by atoms with van der Waals surface area (Å²) in [6, 6.07) is 5.68. The van der Waals surface area contributed by atoms with Crippen LogP contribution in [0.3, 0.4) is 0 Å².